The van der Waals surface area contributed by atoms with Crippen molar-refractivity contribution >= 4 is 11.6 Å². The lowest BCUT2D eigenvalue weighted by Gasteiger charge is -2.22. The molecule has 0 saturated heterocycles. The van der Waals surface area contributed by atoms with Crippen molar-refractivity contribution in [1.29, 1.82) is 0 Å². The Morgan fingerprint density at radius 3 is 2.42 bits per heavy atom. The van der Waals surface area contributed by atoms with E-state index in [0.717, 1.165) is 28.9 Å². The minimum Gasteiger partial charge on any atom is -0.466 e. The first-order valence-electron chi connectivity index (χ1n) is 10.6. The zero-order valence-corrected chi connectivity index (χ0v) is 19.3. The van der Waals surface area contributed by atoms with Gasteiger partial charge in [-0.05, 0) is 54.5 Å². The van der Waals surface area contributed by atoms with Gasteiger partial charge in [-0.3, -0.25) is 4.79 Å². The third kappa shape index (κ3) is 5.94. The van der Waals surface area contributed by atoms with Crippen LogP contribution in [0, 0.1) is 18.3 Å². The number of nitrogens with zero attached hydrogens (tertiary/aromatic N) is 3. The molecule has 6 nitrogen and oxygen atoms in total. The summed E-state index contributed by atoms with van der Waals surface area (Å²) in [5.41, 5.74) is 3.92. The van der Waals surface area contributed by atoms with Gasteiger partial charge in [-0.25, -0.2) is 4.68 Å². The Balaban J connectivity index is 1.77. The fraction of sp³-hybridized carbons (Fsp3) is 0.400. The van der Waals surface area contributed by atoms with Crippen LogP contribution in [0.4, 0.5) is 5.69 Å². The van der Waals surface area contributed by atoms with Crippen molar-refractivity contribution in [3.05, 3.63) is 54.1 Å². The summed E-state index contributed by atoms with van der Waals surface area (Å²) in [7, 11) is 1.56. The average Bonchev–Trinajstić information content (AvgIpc) is 3.11. The molecule has 1 atom stereocenters. The first kappa shape index (κ1) is 22.5. The van der Waals surface area contributed by atoms with E-state index in [-0.39, 0.29) is 11.3 Å². The van der Waals surface area contributed by atoms with E-state index in [4.69, 9.17) is 4.74 Å². The molecule has 0 bridgehead atoms. The molecule has 164 valence electrons. The van der Waals surface area contributed by atoms with Gasteiger partial charge in [0.25, 0.3) is 0 Å². The summed E-state index contributed by atoms with van der Waals surface area (Å²) in [6, 6.07) is 16.0. The van der Waals surface area contributed by atoms with Crippen molar-refractivity contribution < 1.29 is 9.53 Å². The molecule has 0 saturated carbocycles. The number of nitrogens with one attached hydrogen (secondary N) is 1. The largest absolute Gasteiger partial charge is 0.466 e. The van der Waals surface area contributed by atoms with Gasteiger partial charge in [0.2, 0.25) is 5.91 Å². The first-order chi connectivity index (χ1) is 14.7. The van der Waals surface area contributed by atoms with Gasteiger partial charge >= 0.3 is 6.01 Å². The number of methoxy groups -OCH3 is 1. The van der Waals surface area contributed by atoms with Crippen molar-refractivity contribution in [2.24, 2.45) is 11.3 Å². The van der Waals surface area contributed by atoms with Gasteiger partial charge in [-0.15, -0.1) is 5.10 Å². The number of rotatable bonds is 7. The second-order valence-corrected chi connectivity index (χ2v) is 9.32. The molecule has 1 aromatic heterocycles. The number of aryl methyl sites for hydroxylation is 1. The van der Waals surface area contributed by atoms with Crippen molar-refractivity contribution in [3.8, 4) is 23.1 Å². The summed E-state index contributed by atoms with van der Waals surface area (Å²) in [6.07, 6.45) is 1.52. The molecule has 0 radical (unpaired) electrons. The molecule has 1 heterocycles. The number of amides is 1. The van der Waals surface area contributed by atoms with Gasteiger partial charge in [-0.2, -0.15) is 4.98 Å². The number of ether oxygens (including phenoxy) is 1. The molecule has 0 spiro atoms. The molecular formula is C25H32N4O2. The summed E-state index contributed by atoms with van der Waals surface area (Å²) in [5, 5.41) is 7.48. The van der Waals surface area contributed by atoms with Gasteiger partial charge in [0, 0.05) is 17.7 Å². The maximum Gasteiger partial charge on any atom is 0.336 e. The molecule has 3 aromatic rings. The Hall–Kier alpha value is -3.15. The van der Waals surface area contributed by atoms with E-state index in [1.54, 1.807) is 11.8 Å². The lowest BCUT2D eigenvalue weighted by molar-refractivity contribution is -0.117. The summed E-state index contributed by atoms with van der Waals surface area (Å²) >= 11 is 0. The maximum atomic E-state index is 12.4. The number of benzene rings is 2. The van der Waals surface area contributed by atoms with Crippen LogP contribution in [0.25, 0.3) is 17.1 Å². The molecule has 6 heteroatoms. The van der Waals surface area contributed by atoms with Crippen LogP contribution < -0.4 is 10.1 Å². The highest BCUT2D eigenvalue weighted by Gasteiger charge is 2.18. The van der Waals surface area contributed by atoms with Crippen LogP contribution >= 0.6 is 0 Å². The van der Waals surface area contributed by atoms with E-state index < -0.39 is 0 Å². The zero-order chi connectivity index (χ0) is 22.6. The number of hydrogen-bond donors (Lipinski definition) is 1. The van der Waals surface area contributed by atoms with E-state index in [1.807, 2.05) is 55.5 Å². The highest BCUT2D eigenvalue weighted by atomic mass is 16.5. The highest BCUT2D eigenvalue weighted by molar-refractivity contribution is 5.90. The van der Waals surface area contributed by atoms with Crippen LogP contribution in [0.15, 0.2) is 48.5 Å². The third-order valence-electron chi connectivity index (χ3n) is 5.05. The quantitative estimate of drug-likeness (QED) is 0.536. The SMILES string of the molecule is COc1nc(-c2ccccc2C)n(-c2ccc(NC(=O)CC(C)CC(C)(C)C)cc2)n1. The molecular weight excluding hydrogens is 388 g/mol. The van der Waals surface area contributed by atoms with Crippen molar-refractivity contribution in [3.63, 3.8) is 0 Å². The smallest absolute Gasteiger partial charge is 0.336 e. The number of hydrogen-bond acceptors (Lipinski definition) is 4. The van der Waals surface area contributed by atoms with Gasteiger partial charge in [0.15, 0.2) is 5.82 Å². The lowest BCUT2D eigenvalue weighted by Crippen LogP contribution is -2.18. The molecule has 31 heavy (non-hydrogen) atoms. The minimum absolute atomic E-state index is 0.0347. The Kier molecular flexibility index (Phi) is 6.78. The Morgan fingerprint density at radius 1 is 1.13 bits per heavy atom. The molecule has 3 rings (SSSR count). The predicted octanol–water partition coefficient (Wildman–Crippen LogP) is 5.65. The third-order valence-corrected chi connectivity index (χ3v) is 5.05. The summed E-state index contributed by atoms with van der Waals surface area (Å²) in [6.45, 7) is 10.8. The van der Waals surface area contributed by atoms with Crippen molar-refractivity contribution in [2.45, 2.75) is 47.5 Å². The summed E-state index contributed by atoms with van der Waals surface area (Å²) in [4.78, 5) is 17.0. The molecule has 0 aliphatic rings. The van der Waals surface area contributed by atoms with E-state index in [2.05, 4.69) is 43.1 Å². The monoisotopic (exact) mass is 420 g/mol. The van der Waals surface area contributed by atoms with E-state index in [0.29, 0.717) is 24.2 Å². The molecule has 1 N–H and O–H groups in total. The highest BCUT2D eigenvalue weighted by Crippen LogP contribution is 2.28. The number of carbonyl (C=O) groups is 1. The van der Waals surface area contributed by atoms with Gasteiger partial charge in [-0.1, -0.05) is 52.0 Å². The second-order valence-electron chi connectivity index (χ2n) is 9.32. The Labute approximate surface area is 184 Å². The number of aromatic nitrogens is 3. The van der Waals surface area contributed by atoms with Gasteiger partial charge < -0.3 is 10.1 Å². The minimum atomic E-state index is 0.0347. The normalized spacial score (nSPS) is 12.5. The lowest BCUT2D eigenvalue weighted by atomic mass is 9.84. The predicted molar refractivity (Wildman–Crippen MR) is 125 cm³/mol. The van der Waals surface area contributed by atoms with Crippen LogP contribution in [-0.2, 0) is 4.79 Å². The van der Waals surface area contributed by atoms with E-state index in [9.17, 15) is 4.79 Å². The molecule has 1 amide bonds. The van der Waals surface area contributed by atoms with Crippen LogP contribution in [-0.4, -0.2) is 27.8 Å². The maximum absolute atomic E-state index is 12.4. The van der Waals surface area contributed by atoms with Crippen LogP contribution in [0.3, 0.4) is 0 Å². The van der Waals surface area contributed by atoms with Gasteiger partial charge in [0.1, 0.15) is 0 Å². The van der Waals surface area contributed by atoms with Crippen molar-refractivity contribution in [2.75, 3.05) is 12.4 Å². The van der Waals surface area contributed by atoms with E-state index >= 15 is 0 Å². The van der Waals surface area contributed by atoms with Crippen LogP contribution in [0.5, 0.6) is 6.01 Å². The molecule has 2 aromatic carbocycles. The average molecular weight is 421 g/mol. The van der Waals surface area contributed by atoms with Crippen LogP contribution in [0.2, 0.25) is 0 Å². The fourth-order valence-electron chi connectivity index (χ4n) is 3.89. The zero-order valence-electron chi connectivity index (χ0n) is 19.3. The van der Waals surface area contributed by atoms with Crippen molar-refractivity contribution in [1.82, 2.24) is 14.8 Å². The van der Waals surface area contributed by atoms with E-state index in [1.165, 1.54) is 0 Å². The first-order valence-corrected chi connectivity index (χ1v) is 10.6. The molecule has 0 aliphatic heterocycles. The fourth-order valence-corrected chi connectivity index (χ4v) is 3.89. The van der Waals surface area contributed by atoms with Crippen LogP contribution in [0.1, 0.15) is 46.1 Å². The molecule has 0 aliphatic carbocycles. The number of anilines is 1. The topological polar surface area (TPSA) is 69.0 Å². The summed E-state index contributed by atoms with van der Waals surface area (Å²) < 4.78 is 7.03. The Morgan fingerprint density at radius 2 is 1.81 bits per heavy atom. The summed E-state index contributed by atoms with van der Waals surface area (Å²) in [5.74, 6) is 1.08. The standard InChI is InChI=1S/C25H32N4O2/c1-17(16-25(3,4)5)15-22(30)26-19-11-13-20(14-12-19)29-23(27-24(28-29)31-6)21-10-8-7-9-18(21)2/h7-14,17H,15-16H2,1-6H3,(H,26,30). The van der Waals surface area contributed by atoms with Gasteiger partial charge in [0.05, 0.1) is 12.8 Å². The Bertz CT molecular complexity index is 1030. The molecule has 0 fully saturated rings. The molecule has 1 unspecified atom stereocenters. The number of carbonyl (C=O) groups excluding carboxylic acids is 1. The second kappa shape index (κ2) is 9.33.